The van der Waals surface area contributed by atoms with Crippen molar-refractivity contribution in [1.82, 2.24) is 0 Å². The van der Waals surface area contributed by atoms with Gasteiger partial charge in [0.2, 0.25) is 0 Å². The molecule has 0 aromatic carbocycles. The van der Waals surface area contributed by atoms with Crippen molar-refractivity contribution in [1.29, 1.82) is 0 Å². The van der Waals surface area contributed by atoms with Gasteiger partial charge in [-0.05, 0) is 6.92 Å². The van der Waals surface area contributed by atoms with Crippen LogP contribution in [0, 0.1) is 0 Å². The first kappa shape index (κ1) is 19.1. The molecule has 0 aromatic heterocycles. The quantitative estimate of drug-likeness (QED) is 0.312. The summed E-state index contributed by atoms with van der Waals surface area (Å²) in [6, 6.07) is 0. The maximum Gasteiger partial charge on any atom is 0.328 e. The molecule has 0 aliphatic heterocycles. The van der Waals surface area contributed by atoms with Crippen LogP contribution in [0.5, 0.6) is 0 Å². The number of carboxylic acids is 1. The normalized spacial score (nSPS) is 10.6. The lowest BCUT2D eigenvalue weighted by atomic mass is 10.4. The molecule has 0 fully saturated rings. The largest absolute Gasteiger partial charge is 0.478 e. The van der Waals surface area contributed by atoms with Gasteiger partial charge in [-0.1, -0.05) is 18.2 Å². The van der Waals surface area contributed by atoms with E-state index in [1.54, 1.807) is 12.2 Å². The molecule has 0 saturated carbocycles. The number of ether oxygens (including phenoxy) is 2. The highest BCUT2D eigenvalue weighted by Gasteiger charge is 1.86. The molecule has 0 aliphatic rings. The molecule has 0 heterocycles. The van der Waals surface area contributed by atoms with Crippen molar-refractivity contribution >= 4 is 5.97 Å². The van der Waals surface area contributed by atoms with Crippen LogP contribution in [-0.2, 0) is 14.3 Å². The SMILES string of the molecule is C/C=C/C=C/C(=O)O.OCCOCCOCCO. The van der Waals surface area contributed by atoms with Gasteiger partial charge in [0.25, 0.3) is 0 Å². The number of carbonyl (C=O) groups is 1. The van der Waals surface area contributed by atoms with Crippen LogP contribution in [0.15, 0.2) is 24.3 Å². The van der Waals surface area contributed by atoms with E-state index in [1.807, 2.05) is 6.92 Å². The summed E-state index contributed by atoms with van der Waals surface area (Å²) < 4.78 is 9.75. The fourth-order valence-electron chi connectivity index (χ4n) is 0.700. The van der Waals surface area contributed by atoms with Crippen LogP contribution >= 0.6 is 0 Å². The Kier molecular flexibility index (Phi) is 19.3. The van der Waals surface area contributed by atoms with E-state index < -0.39 is 5.97 Å². The van der Waals surface area contributed by atoms with E-state index in [0.29, 0.717) is 26.4 Å². The summed E-state index contributed by atoms with van der Waals surface area (Å²) in [6.45, 7) is 3.55. The summed E-state index contributed by atoms with van der Waals surface area (Å²) in [5, 5.41) is 24.5. The Hall–Kier alpha value is -1.21. The molecule has 0 amide bonds. The van der Waals surface area contributed by atoms with Crippen LogP contribution < -0.4 is 0 Å². The topological polar surface area (TPSA) is 96.2 Å². The molecule has 0 aromatic rings. The average Bonchev–Trinajstić information content (AvgIpc) is 2.34. The van der Waals surface area contributed by atoms with Crippen LogP contribution in [0.3, 0.4) is 0 Å². The maximum atomic E-state index is 9.75. The molecule has 6 nitrogen and oxygen atoms in total. The molecule has 0 rings (SSSR count). The average molecular weight is 262 g/mol. The van der Waals surface area contributed by atoms with E-state index in [0.717, 1.165) is 6.08 Å². The fourth-order valence-corrected chi connectivity index (χ4v) is 0.700. The van der Waals surface area contributed by atoms with Crippen molar-refractivity contribution in [3.05, 3.63) is 24.3 Å². The van der Waals surface area contributed by atoms with Gasteiger partial charge in [-0.2, -0.15) is 0 Å². The molecular weight excluding hydrogens is 240 g/mol. The summed E-state index contributed by atoms with van der Waals surface area (Å²) in [5.74, 6) is -0.914. The van der Waals surface area contributed by atoms with Gasteiger partial charge in [-0.3, -0.25) is 0 Å². The van der Waals surface area contributed by atoms with Gasteiger partial charge in [-0.15, -0.1) is 0 Å². The maximum absolute atomic E-state index is 9.75. The van der Waals surface area contributed by atoms with Crippen molar-refractivity contribution < 1.29 is 29.6 Å². The molecule has 3 N–H and O–H groups in total. The minimum atomic E-state index is -0.914. The monoisotopic (exact) mass is 262 g/mol. The summed E-state index contributed by atoms with van der Waals surface area (Å²) in [5.41, 5.74) is 0. The predicted molar refractivity (Wildman–Crippen MR) is 67.4 cm³/mol. The highest BCUT2D eigenvalue weighted by molar-refractivity contribution is 5.80. The lowest BCUT2D eigenvalue weighted by Gasteiger charge is -2.01. The van der Waals surface area contributed by atoms with E-state index in [1.165, 1.54) is 6.08 Å². The lowest BCUT2D eigenvalue weighted by Crippen LogP contribution is -2.09. The molecule has 0 unspecified atom stereocenters. The van der Waals surface area contributed by atoms with Crippen LogP contribution in [0.1, 0.15) is 6.92 Å². The Morgan fingerprint density at radius 1 is 1.00 bits per heavy atom. The molecule has 0 atom stereocenters. The van der Waals surface area contributed by atoms with Gasteiger partial charge in [-0.25, -0.2) is 4.79 Å². The predicted octanol–water partition coefficient (Wildman–Crippen LogP) is 0.207. The fraction of sp³-hybridized carbons (Fsp3) is 0.583. The van der Waals surface area contributed by atoms with E-state index in [9.17, 15) is 4.79 Å². The van der Waals surface area contributed by atoms with Crippen molar-refractivity contribution in [3.8, 4) is 0 Å². The molecule has 106 valence electrons. The second-order valence-corrected chi connectivity index (χ2v) is 2.90. The van der Waals surface area contributed by atoms with Crippen LogP contribution in [0.4, 0.5) is 0 Å². The van der Waals surface area contributed by atoms with Crippen molar-refractivity contribution in [2.75, 3.05) is 39.6 Å². The zero-order chi connectivity index (χ0) is 14.1. The molecule has 0 radical (unpaired) electrons. The van der Waals surface area contributed by atoms with E-state index in [-0.39, 0.29) is 13.2 Å². The summed E-state index contributed by atoms with van der Waals surface area (Å²) >= 11 is 0. The Labute approximate surface area is 107 Å². The summed E-state index contributed by atoms with van der Waals surface area (Å²) in [4.78, 5) is 9.75. The Bertz CT molecular complexity index is 217. The molecule has 6 heteroatoms. The smallest absolute Gasteiger partial charge is 0.328 e. The van der Waals surface area contributed by atoms with Crippen molar-refractivity contribution in [3.63, 3.8) is 0 Å². The Balaban J connectivity index is 0. The van der Waals surface area contributed by atoms with Crippen molar-refractivity contribution in [2.45, 2.75) is 6.92 Å². The molecule has 0 bridgehead atoms. The van der Waals surface area contributed by atoms with Gasteiger partial charge in [0.05, 0.1) is 39.6 Å². The highest BCUT2D eigenvalue weighted by atomic mass is 16.5. The number of carboxylic acid groups (broad SMARTS) is 1. The van der Waals surface area contributed by atoms with Gasteiger partial charge < -0.3 is 24.8 Å². The van der Waals surface area contributed by atoms with Gasteiger partial charge >= 0.3 is 5.97 Å². The summed E-state index contributed by atoms with van der Waals surface area (Å²) in [6.07, 6.45) is 5.98. The molecular formula is C12H22O6. The molecule has 0 saturated heterocycles. The van der Waals surface area contributed by atoms with E-state index in [4.69, 9.17) is 24.8 Å². The van der Waals surface area contributed by atoms with Gasteiger partial charge in [0.1, 0.15) is 0 Å². The van der Waals surface area contributed by atoms with Crippen LogP contribution in [-0.4, -0.2) is 60.9 Å². The third kappa shape index (κ3) is 24.2. The minimum Gasteiger partial charge on any atom is -0.478 e. The third-order valence-electron chi connectivity index (χ3n) is 1.39. The summed E-state index contributed by atoms with van der Waals surface area (Å²) in [7, 11) is 0. The molecule has 0 aliphatic carbocycles. The van der Waals surface area contributed by atoms with E-state index >= 15 is 0 Å². The first-order chi connectivity index (χ1) is 8.68. The van der Waals surface area contributed by atoms with Gasteiger partial charge in [0, 0.05) is 6.08 Å². The van der Waals surface area contributed by atoms with E-state index in [2.05, 4.69) is 0 Å². The van der Waals surface area contributed by atoms with Crippen LogP contribution in [0.2, 0.25) is 0 Å². The first-order valence-corrected chi connectivity index (χ1v) is 5.58. The zero-order valence-electron chi connectivity index (χ0n) is 10.6. The standard InChI is InChI=1S/C6H14O4.C6H8O2/c7-1-3-9-5-6-10-4-2-8;1-2-3-4-5-6(7)8/h7-8H,1-6H2;2-5H,1H3,(H,7,8)/b;3-2+,5-4+. The van der Waals surface area contributed by atoms with Crippen molar-refractivity contribution in [2.24, 2.45) is 0 Å². The number of aliphatic hydroxyl groups is 2. The van der Waals surface area contributed by atoms with Gasteiger partial charge in [0.15, 0.2) is 0 Å². The Morgan fingerprint density at radius 2 is 1.50 bits per heavy atom. The minimum absolute atomic E-state index is 0.0417. The second kappa shape index (κ2) is 18.2. The zero-order valence-corrected chi connectivity index (χ0v) is 10.6. The number of hydrogen-bond acceptors (Lipinski definition) is 5. The first-order valence-electron chi connectivity index (χ1n) is 5.58. The number of aliphatic hydroxyl groups excluding tert-OH is 2. The number of aliphatic carboxylic acids is 1. The molecule has 18 heavy (non-hydrogen) atoms. The Morgan fingerprint density at radius 3 is 1.83 bits per heavy atom. The molecule has 0 spiro atoms. The lowest BCUT2D eigenvalue weighted by molar-refractivity contribution is -0.131. The third-order valence-corrected chi connectivity index (χ3v) is 1.39. The van der Waals surface area contributed by atoms with Crippen LogP contribution in [0.25, 0.3) is 0 Å². The number of hydrogen-bond donors (Lipinski definition) is 3. The highest BCUT2D eigenvalue weighted by Crippen LogP contribution is 1.76. The number of rotatable bonds is 9. The second-order valence-electron chi connectivity index (χ2n) is 2.90. The number of allylic oxidation sites excluding steroid dienone is 3.